The van der Waals surface area contributed by atoms with Gasteiger partial charge in [0.15, 0.2) is 0 Å². The SMILES string of the molecule is C=CC(NCCCN(C)C1CCCCC1)C(=O)OC. The Morgan fingerprint density at radius 3 is 2.74 bits per heavy atom. The maximum atomic E-state index is 11.4. The van der Waals surface area contributed by atoms with E-state index in [0.717, 1.165) is 25.6 Å². The van der Waals surface area contributed by atoms with Gasteiger partial charge in [0.1, 0.15) is 6.04 Å². The normalized spacial score (nSPS) is 18.3. The third kappa shape index (κ3) is 5.74. The molecule has 4 nitrogen and oxygen atoms in total. The maximum absolute atomic E-state index is 11.4. The molecule has 1 aliphatic carbocycles. The van der Waals surface area contributed by atoms with Crippen LogP contribution in [0.2, 0.25) is 0 Å². The van der Waals surface area contributed by atoms with Gasteiger partial charge < -0.3 is 15.0 Å². The van der Waals surface area contributed by atoms with Crippen molar-refractivity contribution in [3.8, 4) is 0 Å². The van der Waals surface area contributed by atoms with Crippen LogP contribution in [0, 0.1) is 0 Å². The van der Waals surface area contributed by atoms with Gasteiger partial charge in [-0.2, -0.15) is 0 Å². The van der Waals surface area contributed by atoms with Crippen molar-refractivity contribution in [2.45, 2.75) is 50.6 Å². The number of nitrogens with zero attached hydrogens (tertiary/aromatic N) is 1. The van der Waals surface area contributed by atoms with Crippen molar-refractivity contribution < 1.29 is 9.53 Å². The summed E-state index contributed by atoms with van der Waals surface area (Å²) < 4.78 is 4.69. The third-order valence-electron chi connectivity index (χ3n) is 3.94. The predicted octanol–water partition coefficient (Wildman–Crippen LogP) is 1.96. The van der Waals surface area contributed by atoms with E-state index in [2.05, 4.69) is 23.8 Å². The average molecular weight is 268 g/mol. The molecule has 0 amide bonds. The average Bonchev–Trinajstić information content (AvgIpc) is 2.47. The number of hydrogen-bond acceptors (Lipinski definition) is 4. The molecule has 19 heavy (non-hydrogen) atoms. The smallest absolute Gasteiger partial charge is 0.326 e. The van der Waals surface area contributed by atoms with E-state index in [1.807, 2.05) is 0 Å². The number of carbonyl (C=O) groups is 1. The van der Waals surface area contributed by atoms with E-state index in [-0.39, 0.29) is 12.0 Å². The standard InChI is InChI=1S/C15H28N2O2/c1-4-14(15(18)19-3)16-11-8-12-17(2)13-9-6-5-7-10-13/h4,13-14,16H,1,5-12H2,2-3H3. The van der Waals surface area contributed by atoms with Gasteiger partial charge in [-0.05, 0) is 39.4 Å². The van der Waals surface area contributed by atoms with Crippen LogP contribution in [0.3, 0.4) is 0 Å². The third-order valence-corrected chi connectivity index (χ3v) is 3.94. The lowest BCUT2D eigenvalue weighted by Crippen LogP contribution is -2.39. The fourth-order valence-electron chi connectivity index (χ4n) is 2.68. The highest BCUT2D eigenvalue weighted by molar-refractivity contribution is 5.77. The van der Waals surface area contributed by atoms with Gasteiger partial charge >= 0.3 is 5.97 Å². The lowest BCUT2D eigenvalue weighted by atomic mass is 9.94. The van der Waals surface area contributed by atoms with Crippen LogP contribution in [0.1, 0.15) is 38.5 Å². The zero-order valence-electron chi connectivity index (χ0n) is 12.4. The van der Waals surface area contributed by atoms with E-state index in [4.69, 9.17) is 4.74 Å². The molecular formula is C15H28N2O2. The molecular weight excluding hydrogens is 240 g/mol. The minimum Gasteiger partial charge on any atom is -0.468 e. The fraction of sp³-hybridized carbons (Fsp3) is 0.800. The molecule has 0 aliphatic heterocycles. The van der Waals surface area contributed by atoms with Gasteiger partial charge in [0, 0.05) is 6.04 Å². The molecule has 4 heteroatoms. The summed E-state index contributed by atoms with van der Waals surface area (Å²) in [5.74, 6) is -0.268. The monoisotopic (exact) mass is 268 g/mol. The van der Waals surface area contributed by atoms with Gasteiger partial charge in [-0.3, -0.25) is 4.79 Å². The van der Waals surface area contributed by atoms with Crippen molar-refractivity contribution >= 4 is 5.97 Å². The first-order chi connectivity index (χ1) is 9.19. The largest absolute Gasteiger partial charge is 0.468 e. The molecule has 1 fully saturated rings. The molecule has 0 aromatic heterocycles. The molecule has 0 aromatic rings. The minimum atomic E-state index is -0.384. The number of carbonyl (C=O) groups excluding carboxylic acids is 1. The molecule has 1 saturated carbocycles. The van der Waals surface area contributed by atoms with Gasteiger partial charge in [-0.25, -0.2) is 0 Å². The summed E-state index contributed by atoms with van der Waals surface area (Å²) in [5, 5.41) is 3.16. The lowest BCUT2D eigenvalue weighted by molar-refractivity contribution is -0.141. The van der Waals surface area contributed by atoms with E-state index >= 15 is 0 Å². The van der Waals surface area contributed by atoms with Crippen molar-refractivity contribution in [3.05, 3.63) is 12.7 Å². The van der Waals surface area contributed by atoms with Crippen LogP contribution in [0.25, 0.3) is 0 Å². The molecule has 1 atom stereocenters. The first-order valence-electron chi connectivity index (χ1n) is 7.33. The Morgan fingerprint density at radius 1 is 1.47 bits per heavy atom. The van der Waals surface area contributed by atoms with E-state index in [0.29, 0.717) is 0 Å². The van der Waals surface area contributed by atoms with Gasteiger partial charge in [-0.1, -0.05) is 25.3 Å². The topological polar surface area (TPSA) is 41.6 Å². The first-order valence-corrected chi connectivity index (χ1v) is 7.33. The summed E-state index contributed by atoms with van der Waals surface area (Å²) in [6.45, 7) is 5.52. The second-order valence-electron chi connectivity index (χ2n) is 5.32. The zero-order valence-corrected chi connectivity index (χ0v) is 12.4. The van der Waals surface area contributed by atoms with Crippen LogP contribution < -0.4 is 5.32 Å². The summed E-state index contributed by atoms with van der Waals surface area (Å²) in [4.78, 5) is 13.8. The molecule has 0 aromatic carbocycles. The van der Waals surface area contributed by atoms with Crippen molar-refractivity contribution in [2.24, 2.45) is 0 Å². The Hall–Kier alpha value is -0.870. The summed E-state index contributed by atoms with van der Waals surface area (Å²) >= 11 is 0. The minimum absolute atomic E-state index is 0.268. The highest BCUT2D eigenvalue weighted by Gasteiger charge is 2.18. The van der Waals surface area contributed by atoms with E-state index in [1.165, 1.54) is 39.2 Å². The molecule has 110 valence electrons. The van der Waals surface area contributed by atoms with Gasteiger partial charge in [0.05, 0.1) is 7.11 Å². The Morgan fingerprint density at radius 2 is 2.16 bits per heavy atom. The van der Waals surface area contributed by atoms with E-state index < -0.39 is 0 Å². The van der Waals surface area contributed by atoms with Crippen molar-refractivity contribution in [1.82, 2.24) is 10.2 Å². The molecule has 1 rings (SSSR count). The highest BCUT2D eigenvalue weighted by Crippen LogP contribution is 2.21. The van der Waals surface area contributed by atoms with E-state index in [1.54, 1.807) is 6.08 Å². The Labute approximate surface area is 117 Å². The first kappa shape index (κ1) is 16.2. The molecule has 1 unspecified atom stereocenters. The predicted molar refractivity (Wildman–Crippen MR) is 78.1 cm³/mol. The van der Waals surface area contributed by atoms with E-state index in [9.17, 15) is 4.79 Å². The van der Waals surface area contributed by atoms with Gasteiger partial charge in [0.2, 0.25) is 0 Å². The number of nitrogens with one attached hydrogen (secondary N) is 1. The second-order valence-corrected chi connectivity index (χ2v) is 5.32. The van der Waals surface area contributed by atoms with Crippen LogP contribution >= 0.6 is 0 Å². The molecule has 0 radical (unpaired) electrons. The summed E-state index contributed by atoms with van der Waals surface area (Å²) in [7, 11) is 3.61. The molecule has 0 bridgehead atoms. The second kappa shape index (κ2) is 9.10. The quantitative estimate of drug-likeness (QED) is 0.415. The van der Waals surface area contributed by atoms with Crippen LogP contribution in [0.15, 0.2) is 12.7 Å². The fourth-order valence-corrected chi connectivity index (χ4v) is 2.68. The van der Waals surface area contributed by atoms with Gasteiger partial charge in [0.25, 0.3) is 0 Å². The number of rotatable bonds is 8. The van der Waals surface area contributed by atoms with Crippen molar-refractivity contribution in [3.63, 3.8) is 0 Å². The zero-order chi connectivity index (χ0) is 14.1. The van der Waals surface area contributed by atoms with Crippen LogP contribution in [0.5, 0.6) is 0 Å². The van der Waals surface area contributed by atoms with Crippen LogP contribution in [0.4, 0.5) is 0 Å². The summed E-state index contributed by atoms with van der Waals surface area (Å²) in [6.07, 6.45) is 9.43. The van der Waals surface area contributed by atoms with Crippen molar-refractivity contribution in [2.75, 3.05) is 27.2 Å². The Balaban J connectivity index is 2.15. The lowest BCUT2D eigenvalue weighted by Gasteiger charge is -2.31. The highest BCUT2D eigenvalue weighted by atomic mass is 16.5. The number of methoxy groups -OCH3 is 1. The summed E-state index contributed by atoms with van der Waals surface area (Å²) in [5.41, 5.74) is 0. The molecule has 0 saturated heterocycles. The molecule has 0 heterocycles. The number of hydrogen-bond donors (Lipinski definition) is 1. The molecule has 1 aliphatic rings. The number of esters is 1. The van der Waals surface area contributed by atoms with Crippen LogP contribution in [-0.2, 0) is 9.53 Å². The number of ether oxygens (including phenoxy) is 1. The summed E-state index contributed by atoms with van der Waals surface area (Å²) in [6, 6.07) is 0.370. The molecule has 0 spiro atoms. The Kier molecular flexibility index (Phi) is 7.75. The molecule has 1 N–H and O–H groups in total. The van der Waals surface area contributed by atoms with Crippen molar-refractivity contribution in [1.29, 1.82) is 0 Å². The Bertz CT molecular complexity index is 275. The van der Waals surface area contributed by atoms with Gasteiger partial charge in [-0.15, -0.1) is 6.58 Å². The maximum Gasteiger partial charge on any atom is 0.326 e. The van der Waals surface area contributed by atoms with Crippen LogP contribution in [-0.4, -0.2) is 50.2 Å².